The second-order valence-electron chi connectivity index (χ2n) is 4.56. The Hall–Kier alpha value is 0.290. The van der Waals surface area contributed by atoms with Gasteiger partial charge in [0.05, 0.1) is 6.10 Å². The quantitative estimate of drug-likeness (QED) is 0.336. The topological polar surface area (TPSA) is 199 Å². The maximum absolute atomic E-state index is 11.6. The van der Waals surface area contributed by atoms with Crippen LogP contribution in [0.3, 0.4) is 0 Å². The van der Waals surface area contributed by atoms with Crippen molar-refractivity contribution in [3.63, 3.8) is 0 Å². The molecular weight excluding hydrogens is 385 g/mol. The van der Waals surface area contributed by atoms with Gasteiger partial charge in [0.2, 0.25) is 5.79 Å². The number of phosphoric ester groups is 1. The smallest absolute Gasteiger partial charge is 0.387 e. The van der Waals surface area contributed by atoms with Crippen molar-refractivity contribution < 1.29 is 61.0 Å². The minimum atomic E-state index is -5.60. The van der Waals surface area contributed by atoms with Crippen molar-refractivity contribution in [3.8, 4) is 0 Å². The molecule has 1 aliphatic heterocycles. The van der Waals surface area contributed by atoms with Crippen LogP contribution < -0.4 is 0 Å². The van der Waals surface area contributed by atoms with E-state index in [4.69, 9.17) is 24.2 Å². The lowest BCUT2D eigenvalue weighted by molar-refractivity contribution is -0.256. The molecule has 5 N–H and O–H groups in total. The number of hydrogen-bond donors (Lipinski definition) is 5. The van der Waals surface area contributed by atoms with Gasteiger partial charge in [0.25, 0.3) is 0 Å². The lowest BCUT2D eigenvalue weighted by atomic mass is 10.1. The van der Waals surface area contributed by atoms with Gasteiger partial charge in [-0.25, -0.2) is 13.7 Å². The van der Waals surface area contributed by atoms with Gasteiger partial charge >= 0.3 is 23.5 Å². The van der Waals surface area contributed by atoms with Crippen molar-refractivity contribution in [1.29, 1.82) is 0 Å². The molecule has 13 nitrogen and oxygen atoms in total. The molecule has 23 heavy (non-hydrogen) atoms. The molecule has 1 fully saturated rings. The van der Waals surface area contributed by atoms with Gasteiger partial charge < -0.3 is 34.2 Å². The molecule has 1 rings (SSSR count). The van der Waals surface area contributed by atoms with E-state index in [1.54, 1.807) is 6.92 Å². The molecule has 1 aliphatic rings. The zero-order valence-electron chi connectivity index (χ0n) is 11.9. The van der Waals surface area contributed by atoms with E-state index in [-0.39, 0.29) is 6.42 Å². The summed E-state index contributed by atoms with van der Waals surface area (Å²) < 4.78 is 54.8. The highest BCUT2D eigenvalue weighted by molar-refractivity contribution is 7.66. The summed E-state index contributed by atoms with van der Waals surface area (Å²) in [6, 6.07) is 0. The average molecular weight is 402 g/mol. The highest BCUT2D eigenvalue weighted by atomic mass is 31.3. The molecule has 5 atom stereocenters. The summed E-state index contributed by atoms with van der Waals surface area (Å²) in [6.07, 6.45) is -1.56. The average Bonchev–Trinajstić information content (AvgIpc) is 2.57. The van der Waals surface area contributed by atoms with E-state index in [0.29, 0.717) is 0 Å². The molecule has 0 saturated carbocycles. The van der Waals surface area contributed by atoms with E-state index in [9.17, 15) is 23.7 Å². The number of aliphatic hydroxyl groups is 1. The SMILES string of the molecule is CO[C@@]1(COP(=O)(O)OP(=O)(O)OP(=O)(O)O)O[C@@H](C)C[C@H]1O. The molecule has 0 aromatic rings. The summed E-state index contributed by atoms with van der Waals surface area (Å²) in [5, 5.41) is 9.82. The fourth-order valence-corrected chi connectivity index (χ4v) is 4.85. The monoisotopic (exact) mass is 402 g/mol. The van der Waals surface area contributed by atoms with E-state index in [1.807, 2.05) is 0 Å². The molecule has 0 spiro atoms. The maximum atomic E-state index is 11.6. The summed E-state index contributed by atoms with van der Waals surface area (Å²) in [4.78, 5) is 35.1. The minimum Gasteiger partial charge on any atom is -0.387 e. The number of hydrogen-bond acceptors (Lipinski definition) is 9. The van der Waals surface area contributed by atoms with Crippen LogP contribution in [-0.2, 0) is 36.3 Å². The predicted molar refractivity (Wildman–Crippen MR) is 70.7 cm³/mol. The predicted octanol–water partition coefficient (Wildman–Crippen LogP) is -0.158. The fraction of sp³-hybridized carbons (Fsp3) is 1.00. The Bertz CT molecular complexity index is 558. The van der Waals surface area contributed by atoms with E-state index in [0.717, 1.165) is 7.11 Å². The van der Waals surface area contributed by atoms with Gasteiger partial charge in [0.1, 0.15) is 12.7 Å². The van der Waals surface area contributed by atoms with Crippen LogP contribution in [0.2, 0.25) is 0 Å². The Morgan fingerprint density at radius 1 is 1.13 bits per heavy atom. The second-order valence-corrected chi connectivity index (χ2v) is 8.98. The summed E-state index contributed by atoms with van der Waals surface area (Å²) in [7, 11) is -15.2. The first-order chi connectivity index (χ1) is 10.2. The van der Waals surface area contributed by atoms with E-state index in [1.165, 1.54) is 0 Å². The van der Waals surface area contributed by atoms with Crippen LogP contribution in [0, 0.1) is 0 Å². The first kappa shape index (κ1) is 21.3. The van der Waals surface area contributed by atoms with Crippen LogP contribution in [0.1, 0.15) is 13.3 Å². The largest absolute Gasteiger partial charge is 0.490 e. The Balaban J connectivity index is 2.74. The number of phosphoric acid groups is 3. The molecule has 138 valence electrons. The van der Waals surface area contributed by atoms with Crippen molar-refractivity contribution in [2.75, 3.05) is 13.7 Å². The van der Waals surface area contributed by atoms with Crippen LogP contribution in [0.4, 0.5) is 0 Å². The zero-order valence-corrected chi connectivity index (χ0v) is 14.6. The van der Waals surface area contributed by atoms with Crippen LogP contribution >= 0.6 is 23.5 Å². The summed E-state index contributed by atoms with van der Waals surface area (Å²) in [5.74, 6) is -1.81. The first-order valence-electron chi connectivity index (χ1n) is 5.90. The summed E-state index contributed by atoms with van der Waals surface area (Å²) in [5.41, 5.74) is 0. The zero-order chi connectivity index (χ0) is 18.1. The van der Waals surface area contributed by atoms with Gasteiger partial charge in [-0.1, -0.05) is 0 Å². The third kappa shape index (κ3) is 6.60. The fourth-order valence-electron chi connectivity index (χ4n) is 1.81. The lowest BCUT2D eigenvalue weighted by Crippen LogP contribution is -2.45. The van der Waals surface area contributed by atoms with Gasteiger partial charge in [-0.15, -0.1) is 0 Å². The first-order valence-corrected chi connectivity index (χ1v) is 10.4. The normalized spacial score (nSPS) is 34.0. The van der Waals surface area contributed by atoms with Crippen LogP contribution in [-0.4, -0.2) is 56.4 Å². The molecule has 16 heteroatoms. The third-order valence-electron chi connectivity index (χ3n) is 2.65. The number of rotatable bonds is 8. The van der Waals surface area contributed by atoms with E-state index >= 15 is 0 Å². The molecule has 1 saturated heterocycles. The van der Waals surface area contributed by atoms with Crippen molar-refractivity contribution in [1.82, 2.24) is 0 Å². The van der Waals surface area contributed by atoms with Crippen molar-refractivity contribution in [3.05, 3.63) is 0 Å². The number of aliphatic hydroxyl groups excluding tert-OH is 1. The number of ether oxygens (including phenoxy) is 2. The molecule has 0 amide bonds. The van der Waals surface area contributed by atoms with Crippen molar-refractivity contribution in [2.24, 2.45) is 0 Å². The Morgan fingerprint density at radius 3 is 2.09 bits per heavy atom. The highest BCUT2D eigenvalue weighted by Gasteiger charge is 2.50. The summed E-state index contributed by atoms with van der Waals surface area (Å²) in [6.45, 7) is 0.716. The Morgan fingerprint density at radius 2 is 1.70 bits per heavy atom. The van der Waals surface area contributed by atoms with Crippen molar-refractivity contribution >= 4 is 23.5 Å². The molecule has 0 aliphatic carbocycles. The second kappa shape index (κ2) is 7.27. The Kier molecular flexibility index (Phi) is 6.74. The molecule has 0 bridgehead atoms. The standard InChI is InChI=1S/C7H17O13P3/c1-5-3-6(8)7(16-2,18-5)4-17-22(12,13)20-23(14,15)19-21(9,10)11/h5-6,8H,3-4H2,1-2H3,(H,12,13)(H,14,15)(H2,9,10,11)/t5-,6+,7-/m0/s1. The number of methoxy groups -OCH3 is 1. The van der Waals surface area contributed by atoms with E-state index < -0.39 is 48.1 Å². The molecule has 0 aromatic carbocycles. The molecule has 2 unspecified atom stereocenters. The molecule has 0 aromatic heterocycles. The van der Waals surface area contributed by atoms with Crippen molar-refractivity contribution in [2.45, 2.75) is 31.3 Å². The van der Waals surface area contributed by atoms with Gasteiger partial charge in [0, 0.05) is 13.5 Å². The van der Waals surface area contributed by atoms with E-state index in [2.05, 4.69) is 13.1 Å². The van der Waals surface area contributed by atoms with Crippen LogP contribution in [0.5, 0.6) is 0 Å². The molecule has 1 heterocycles. The van der Waals surface area contributed by atoms with Gasteiger partial charge in [0.15, 0.2) is 0 Å². The van der Waals surface area contributed by atoms with Crippen LogP contribution in [0.15, 0.2) is 0 Å². The molecular formula is C7H17O13P3. The summed E-state index contributed by atoms with van der Waals surface area (Å²) >= 11 is 0. The minimum absolute atomic E-state index is 0.133. The molecule has 0 radical (unpaired) electrons. The lowest BCUT2D eigenvalue weighted by Gasteiger charge is -2.30. The highest BCUT2D eigenvalue weighted by Crippen LogP contribution is 2.66. The van der Waals surface area contributed by atoms with Gasteiger partial charge in [-0.05, 0) is 6.92 Å². The maximum Gasteiger partial charge on any atom is 0.490 e. The van der Waals surface area contributed by atoms with Crippen LogP contribution in [0.25, 0.3) is 0 Å². The third-order valence-corrected chi connectivity index (χ3v) is 6.44. The van der Waals surface area contributed by atoms with Gasteiger partial charge in [-0.2, -0.15) is 8.62 Å². The Labute approximate surface area is 130 Å². The van der Waals surface area contributed by atoms with Gasteiger partial charge in [-0.3, -0.25) is 4.52 Å².